The molecule has 3 radical (unpaired) electrons. The maximum atomic E-state index is 11.4. The quantitative estimate of drug-likeness (QED) is 0.693. The van der Waals surface area contributed by atoms with Gasteiger partial charge in [-0.3, -0.25) is 4.79 Å². The number of aromatic amines is 1. The lowest BCUT2D eigenvalue weighted by Crippen LogP contribution is -2.23. The van der Waals surface area contributed by atoms with E-state index in [0.717, 1.165) is 4.47 Å². The lowest BCUT2D eigenvalue weighted by molar-refractivity contribution is 1.24. The molecule has 0 aliphatic carbocycles. The van der Waals surface area contributed by atoms with Crippen molar-refractivity contribution in [2.45, 2.75) is 0 Å². The lowest BCUT2D eigenvalue weighted by Gasteiger charge is -1.98. The first-order chi connectivity index (χ1) is 6.16. The first-order valence-corrected chi connectivity index (χ1v) is 4.87. The summed E-state index contributed by atoms with van der Waals surface area (Å²) in [7, 11) is 3.18. The molecule has 5 heteroatoms. The van der Waals surface area contributed by atoms with Crippen LogP contribution in [0.3, 0.4) is 0 Å². The minimum Gasteiger partial charge on any atom is -0.315 e. The van der Waals surface area contributed by atoms with E-state index in [4.69, 9.17) is 0 Å². The Kier molecular flexibility index (Phi) is 2.05. The smallest absolute Gasteiger partial charge is 0.258 e. The molecule has 1 heterocycles. The molecule has 0 atom stereocenters. The van der Waals surface area contributed by atoms with E-state index in [2.05, 4.69) is 36.1 Å². The van der Waals surface area contributed by atoms with Gasteiger partial charge >= 0.3 is 0 Å². The van der Waals surface area contributed by atoms with Crippen LogP contribution in [0.15, 0.2) is 27.5 Å². The number of halogens is 1. The largest absolute Gasteiger partial charge is 0.315 e. The predicted octanol–water partition coefficient (Wildman–Crippen LogP) is 0.479. The van der Waals surface area contributed by atoms with Crippen LogP contribution in [0, 0.1) is 0 Å². The Bertz CT molecular complexity index is 518. The first kappa shape index (κ1) is 8.65. The average Bonchev–Trinajstić information content (AvgIpc) is 2.02. The van der Waals surface area contributed by atoms with Crippen LogP contribution < -0.4 is 11.0 Å². The van der Waals surface area contributed by atoms with Crippen molar-refractivity contribution in [1.82, 2.24) is 9.97 Å². The van der Waals surface area contributed by atoms with Crippen LogP contribution >= 0.6 is 15.9 Å². The number of nitrogens with zero attached hydrogens (tertiary/aromatic N) is 1. The topological polar surface area (TPSA) is 45.8 Å². The highest BCUT2D eigenvalue weighted by atomic mass is 79.9. The predicted molar refractivity (Wildman–Crippen MR) is 55.5 cm³/mol. The van der Waals surface area contributed by atoms with Gasteiger partial charge in [-0.05, 0) is 18.2 Å². The summed E-state index contributed by atoms with van der Waals surface area (Å²) in [5.41, 5.74) is 0.973. The number of rotatable bonds is 0. The molecule has 63 valence electrons. The molecule has 0 aliphatic rings. The molecule has 2 aromatic rings. The van der Waals surface area contributed by atoms with Crippen LogP contribution in [0.25, 0.3) is 10.9 Å². The molecule has 0 saturated carbocycles. The summed E-state index contributed by atoms with van der Waals surface area (Å²) in [6, 6.07) is 5.34. The Morgan fingerprint density at radius 3 is 3.00 bits per heavy atom. The lowest BCUT2D eigenvalue weighted by atomic mass is 10.2. The molecule has 1 aromatic heterocycles. The van der Waals surface area contributed by atoms with Gasteiger partial charge < -0.3 is 4.98 Å². The van der Waals surface area contributed by atoms with E-state index in [-0.39, 0.29) is 5.56 Å². The van der Waals surface area contributed by atoms with Gasteiger partial charge in [-0.2, -0.15) is 0 Å². The van der Waals surface area contributed by atoms with E-state index in [1.54, 1.807) is 12.1 Å². The third kappa shape index (κ3) is 1.57. The zero-order valence-corrected chi connectivity index (χ0v) is 9.05. The van der Waals surface area contributed by atoms with Crippen LogP contribution in [-0.2, 0) is 0 Å². The van der Waals surface area contributed by atoms with E-state index >= 15 is 0 Å². The van der Waals surface area contributed by atoms with Gasteiger partial charge in [0, 0.05) is 4.47 Å². The fourth-order valence-electron chi connectivity index (χ4n) is 1.11. The van der Waals surface area contributed by atoms with Crippen LogP contribution in [-0.4, -0.2) is 20.2 Å². The standard InChI is InChI=1S/C8H4BrN2OSi/c9-4-1-2-5-6(3-4)10-8(13)11-7(5)12/h1-3H,(H,10,11,12). The molecule has 0 aliphatic heterocycles. The monoisotopic (exact) mass is 251 g/mol. The van der Waals surface area contributed by atoms with Crippen molar-refractivity contribution in [2.75, 3.05) is 0 Å². The molecule has 0 fully saturated rings. The van der Waals surface area contributed by atoms with Gasteiger partial charge in [0.1, 0.15) is 10.2 Å². The molecule has 13 heavy (non-hydrogen) atoms. The highest BCUT2D eigenvalue weighted by Crippen LogP contribution is 2.13. The maximum absolute atomic E-state index is 11.4. The van der Waals surface area contributed by atoms with Crippen molar-refractivity contribution in [1.29, 1.82) is 0 Å². The highest BCUT2D eigenvalue weighted by molar-refractivity contribution is 9.10. The summed E-state index contributed by atoms with van der Waals surface area (Å²) >= 11 is 3.31. The molecule has 0 unspecified atom stereocenters. The highest BCUT2D eigenvalue weighted by Gasteiger charge is 2.00. The van der Waals surface area contributed by atoms with Crippen LogP contribution in [0.1, 0.15) is 0 Å². The SMILES string of the molecule is O=c1[nH]c([Si])nc2cc(Br)ccc12. The molecule has 0 bridgehead atoms. The van der Waals surface area contributed by atoms with Gasteiger partial charge in [0.25, 0.3) is 5.56 Å². The minimum absolute atomic E-state index is 0.137. The molecule has 1 aromatic carbocycles. The van der Waals surface area contributed by atoms with Crippen molar-refractivity contribution in [2.24, 2.45) is 0 Å². The second-order valence-electron chi connectivity index (χ2n) is 2.58. The van der Waals surface area contributed by atoms with Crippen LogP contribution in [0.5, 0.6) is 0 Å². The molecular weight excluding hydrogens is 248 g/mol. The number of aromatic nitrogens is 2. The molecule has 0 saturated heterocycles. The van der Waals surface area contributed by atoms with Crippen LogP contribution in [0.4, 0.5) is 0 Å². The number of nitrogens with one attached hydrogen (secondary N) is 1. The zero-order valence-electron chi connectivity index (χ0n) is 6.47. The van der Waals surface area contributed by atoms with Gasteiger partial charge in [0.05, 0.1) is 16.4 Å². The third-order valence-electron chi connectivity index (χ3n) is 1.67. The third-order valence-corrected chi connectivity index (χ3v) is 2.40. The van der Waals surface area contributed by atoms with E-state index < -0.39 is 0 Å². The number of hydrogen-bond acceptors (Lipinski definition) is 2. The minimum atomic E-state index is -0.137. The molecule has 3 nitrogen and oxygen atoms in total. The molecular formula is C8H4BrN2OSi. The summed E-state index contributed by atoms with van der Waals surface area (Å²) in [5.74, 6) is 0. The van der Waals surface area contributed by atoms with Crippen LogP contribution in [0.2, 0.25) is 0 Å². The molecule has 2 rings (SSSR count). The number of benzene rings is 1. The summed E-state index contributed by atoms with van der Waals surface area (Å²) in [5, 5.41) is 0.588. The second kappa shape index (κ2) is 3.08. The molecule has 1 N–H and O–H groups in total. The summed E-state index contributed by atoms with van der Waals surface area (Å²) < 4.78 is 0.907. The normalized spacial score (nSPS) is 10.6. The van der Waals surface area contributed by atoms with Gasteiger partial charge in [0.2, 0.25) is 0 Å². The van der Waals surface area contributed by atoms with Crippen molar-refractivity contribution in [3.8, 4) is 0 Å². The van der Waals surface area contributed by atoms with E-state index in [1.807, 2.05) is 6.07 Å². The van der Waals surface area contributed by atoms with E-state index in [1.165, 1.54) is 0 Å². The van der Waals surface area contributed by atoms with Crippen molar-refractivity contribution in [3.05, 3.63) is 33.0 Å². The van der Waals surface area contributed by atoms with E-state index in [9.17, 15) is 4.79 Å². The number of fused-ring (bicyclic) bond motifs is 1. The Morgan fingerprint density at radius 1 is 1.46 bits per heavy atom. The Hall–Kier alpha value is -0.943. The number of hydrogen-bond donors (Lipinski definition) is 1. The van der Waals surface area contributed by atoms with Crippen molar-refractivity contribution < 1.29 is 0 Å². The average molecular weight is 252 g/mol. The summed E-state index contributed by atoms with van der Waals surface area (Å²) in [6.45, 7) is 0. The van der Waals surface area contributed by atoms with Crippen molar-refractivity contribution in [3.63, 3.8) is 0 Å². The summed E-state index contributed by atoms with van der Waals surface area (Å²) in [6.07, 6.45) is 0. The Morgan fingerprint density at radius 2 is 2.23 bits per heavy atom. The van der Waals surface area contributed by atoms with Crippen molar-refractivity contribution >= 4 is 42.5 Å². The Labute approximate surface area is 85.8 Å². The van der Waals surface area contributed by atoms with E-state index in [0.29, 0.717) is 16.4 Å². The first-order valence-electron chi connectivity index (χ1n) is 3.58. The fourth-order valence-corrected chi connectivity index (χ4v) is 1.70. The van der Waals surface area contributed by atoms with Gasteiger partial charge in [0.15, 0.2) is 0 Å². The zero-order chi connectivity index (χ0) is 9.42. The van der Waals surface area contributed by atoms with Gasteiger partial charge in [-0.1, -0.05) is 15.9 Å². The maximum Gasteiger partial charge on any atom is 0.258 e. The van der Waals surface area contributed by atoms with Gasteiger partial charge in [-0.15, -0.1) is 0 Å². The Balaban J connectivity index is 2.95. The fraction of sp³-hybridized carbons (Fsp3) is 0. The summed E-state index contributed by atoms with van der Waals surface area (Å²) in [4.78, 5) is 18.1. The second-order valence-corrected chi connectivity index (χ2v) is 3.97. The molecule has 0 amide bonds. The molecule has 0 spiro atoms. The van der Waals surface area contributed by atoms with Gasteiger partial charge in [-0.25, -0.2) is 4.98 Å². The number of H-pyrrole nitrogens is 1.